The molecule has 2 amide bonds. The molecule has 0 aromatic carbocycles. The molecule has 1 aliphatic heterocycles. The SMILES string of the molecule is NCCCNC(=O)NCC1CCCOC1. The van der Waals surface area contributed by atoms with Crippen molar-refractivity contribution in [2.45, 2.75) is 19.3 Å². The first-order valence-corrected chi connectivity index (χ1v) is 5.62. The molecule has 5 heteroatoms. The minimum absolute atomic E-state index is 0.103. The van der Waals surface area contributed by atoms with Crippen LogP contribution in [0.25, 0.3) is 0 Å². The summed E-state index contributed by atoms with van der Waals surface area (Å²) in [5.74, 6) is 0.471. The Balaban J connectivity index is 2.00. The fourth-order valence-corrected chi connectivity index (χ4v) is 1.57. The van der Waals surface area contributed by atoms with Crippen LogP contribution < -0.4 is 16.4 Å². The molecular formula is C10H21N3O2. The van der Waals surface area contributed by atoms with Crippen molar-refractivity contribution < 1.29 is 9.53 Å². The normalized spacial score (nSPS) is 21.0. The van der Waals surface area contributed by atoms with E-state index in [4.69, 9.17) is 10.5 Å². The van der Waals surface area contributed by atoms with Gasteiger partial charge in [-0.15, -0.1) is 0 Å². The van der Waals surface area contributed by atoms with Gasteiger partial charge in [0.05, 0.1) is 6.61 Å². The number of nitrogens with one attached hydrogen (secondary N) is 2. The summed E-state index contributed by atoms with van der Waals surface area (Å²) < 4.78 is 5.32. The number of ether oxygens (including phenoxy) is 1. The van der Waals surface area contributed by atoms with Crippen molar-refractivity contribution in [3.63, 3.8) is 0 Å². The summed E-state index contributed by atoms with van der Waals surface area (Å²) in [6.07, 6.45) is 3.06. The molecule has 0 spiro atoms. The Morgan fingerprint density at radius 3 is 3.00 bits per heavy atom. The van der Waals surface area contributed by atoms with Crippen molar-refractivity contribution in [1.29, 1.82) is 0 Å². The zero-order valence-electron chi connectivity index (χ0n) is 9.13. The molecule has 0 aliphatic carbocycles. The largest absolute Gasteiger partial charge is 0.381 e. The predicted octanol–water partition coefficient (Wildman–Crippen LogP) is 0.0610. The first-order chi connectivity index (χ1) is 7.33. The second kappa shape index (κ2) is 7.48. The molecule has 0 saturated carbocycles. The molecule has 1 rings (SSSR count). The van der Waals surface area contributed by atoms with Gasteiger partial charge in [-0.2, -0.15) is 0 Å². The van der Waals surface area contributed by atoms with Gasteiger partial charge in [-0.05, 0) is 31.7 Å². The van der Waals surface area contributed by atoms with Crippen LogP contribution in [-0.2, 0) is 4.74 Å². The van der Waals surface area contributed by atoms with Crippen molar-refractivity contribution >= 4 is 6.03 Å². The maximum atomic E-state index is 11.3. The van der Waals surface area contributed by atoms with Crippen LogP contribution in [0.3, 0.4) is 0 Å². The molecule has 1 aliphatic rings. The molecule has 0 aromatic heterocycles. The Hall–Kier alpha value is -0.810. The van der Waals surface area contributed by atoms with Gasteiger partial charge in [-0.25, -0.2) is 4.79 Å². The van der Waals surface area contributed by atoms with E-state index in [1.807, 2.05) is 0 Å². The van der Waals surface area contributed by atoms with Crippen LogP contribution in [0, 0.1) is 5.92 Å². The van der Waals surface area contributed by atoms with E-state index in [0.29, 0.717) is 25.6 Å². The van der Waals surface area contributed by atoms with Gasteiger partial charge >= 0.3 is 6.03 Å². The van der Waals surface area contributed by atoms with Crippen LogP contribution >= 0.6 is 0 Å². The number of nitrogens with two attached hydrogens (primary N) is 1. The Morgan fingerprint density at radius 1 is 1.47 bits per heavy atom. The fourth-order valence-electron chi connectivity index (χ4n) is 1.57. The van der Waals surface area contributed by atoms with E-state index in [0.717, 1.165) is 32.5 Å². The number of hydrogen-bond donors (Lipinski definition) is 3. The molecule has 0 radical (unpaired) electrons. The number of hydrogen-bond acceptors (Lipinski definition) is 3. The van der Waals surface area contributed by atoms with Crippen molar-refractivity contribution in [1.82, 2.24) is 10.6 Å². The highest BCUT2D eigenvalue weighted by atomic mass is 16.5. The molecule has 15 heavy (non-hydrogen) atoms. The minimum Gasteiger partial charge on any atom is -0.381 e. The lowest BCUT2D eigenvalue weighted by Gasteiger charge is -2.22. The van der Waals surface area contributed by atoms with Gasteiger partial charge in [0, 0.05) is 19.7 Å². The second-order valence-corrected chi connectivity index (χ2v) is 3.86. The molecule has 88 valence electrons. The number of urea groups is 1. The maximum absolute atomic E-state index is 11.3. The van der Waals surface area contributed by atoms with Gasteiger partial charge < -0.3 is 21.1 Å². The third-order valence-electron chi connectivity index (χ3n) is 2.47. The van der Waals surface area contributed by atoms with Crippen LogP contribution in [0.1, 0.15) is 19.3 Å². The van der Waals surface area contributed by atoms with Crippen LogP contribution in [0.15, 0.2) is 0 Å². The van der Waals surface area contributed by atoms with Crippen LogP contribution in [0.5, 0.6) is 0 Å². The van der Waals surface area contributed by atoms with Crippen molar-refractivity contribution in [3.05, 3.63) is 0 Å². The smallest absolute Gasteiger partial charge is 0.314 e. The Bertz CT molecular complexity index is 182. The summed E-state index contributed by atoms with van der Waals surface area (Å²) in [6, 6.07) is -0.103. The fraction of sp³-hybridized carbons (Fsp3) is 0.900. The van der Waals surface area contributed by atoms with Gasteiger partial charge in [0.1, 0.15) is 0 Å². The summed E-state index contributed by atoms with van der Waals surface area (Å²) in [4.78, 5) is 11.3. The first kappa shape index (κ1) is 12.3. The molecule has 1 saturated heterocycles. The van der Waals surface area contributed by atoms with E-state index in [2.05, 4.69) is 10.6 Å². The molecule has 5 nitrogen and oxygen atoms in total. The van der Waals surface area contributed by atoms with Crippen LogP contribution in [0.2, 0.25) is 0 Å². The van der Waals surface area contributed by atoms with E-state index in [-0.39, 0.29) is 6.03 Å². The summed E-state index contributed by atoms with van der Waals surface area (Å²) in [5, 5.41) is 5.59. The van der Waals surface area contributed by atoms with E-state index in [1.54, 1.807) is 0 Å². The summed E-state index contributed by atoms with van der Waals surface area (Å²) in [7, 11) is 0. The molecule has 1 heterocycles. The maximum Gasteiger partial charge on any atom is 0.314 e. The topological polar surface area (TPSA) is 76.4 Å². The summed E-state index contributed by atoms with van der Waals surface area (Å²) in [5.41, 5.74) is 5.32. The number of carbonyl (C=O) groups is 1. The first-order valence-electron chi connectivity index (χ1n) is 5.62. The standard InChI is InChI=1S/C10H21N3O2/c11-4-2-5-12-10(14)13-7-9-3-1-6-15-8-9/h9H,1-8,11H2,(H2,12,13,14). The summed E-state index contributed by atoms with van der Waals surface area (Å²) in [6.45, 7) is 3.58. The Labute approximate surface area is 90.7 Å². The molecule has 0 aromatic rings. The van der Waals surface area contributed by atoms with Gasteiger partial charge in [0.2, 0.25) is 0 Å². The molecule has 4 N–H and O–H groups in total. The number of carbonyl (C=O) groups excluding carboxylic acids is 1. The van der Waals surface area contributed by atoms with Gasteiger partial charge in [-0.1, -0.05) is 0 Å². The van der Waals surface area contributed by atoms with E-state index < -0.39 is 0 Å². The molecular weight excluding hydrogens is 194 g/mol. The van der Waals surface area contributed by atoms with Gasteiger partial charge in [0.15, 0.2) is 0 Å². The number of rotatable bonds is 5. The minimum atomic E-state index is -0.103. The quantitative estimate of drug-likeness (QED) is 0.568. The highest BCUT2D eigenvalue weighted by molar-refractivity contribution is 5.73. The van der Waals surface area contributed by atoms with Crippen molar-refractivity contribution in [3.8, 4) is 0 Å². The lowest BCUT2D eigenvalue weighted by atomic mass is 10.0. The molecule has 0 bridgehead atoms. The number of amides is 2. The second-order valence-electron chi connectivity index (χ2n) is 3.86. The Morgan fingerprint density at radius 2 is 2.33 bits per heavy atom. The average molecular weight is 215 g/mol. The van der Waals surface area contributed by atoms with Crippen molar-refractivity contribution in [2.24, 2.45) is 11.7 Å². The lowest BCUT2D eigenvalue weighted by Crippen LogP contribution is -2.40. The van der Waals surface area contributed by atoms with Crippen LogP contribution in [-0.4, -0.2) is 38.9 Å². The molecule has 1 fully saturated rings. The Kier molecular flexibility index (Phi) is 6.11. The zero-order valence-corrected chi connectivity index (χ0v) is 9.13. The predicted molar refractivity (Wildman–Crippen MR) is 58.6 cm³/mol. The monoisotopic (exact) mass is 215 g/mol. The highest BCUT2D eigenvalue weighted by Gasteiger charge is 2.14. The summed E-state index contributed by atoms with van der Waals surface area (Å²) >= 11 is 0. The highest BCUT2D eigenvalue weighted by Crippen LogP contribution is 2.11. The van der Waals surface area contributed by atoms with Crippen LogP contribution in [0.4, 0.5) is 4.79 Å². The lowest BCUT2D eigenvalue weighted by molar-refractivity contribution is 0.0557. The zero-order chi connectivity index (χ0) is 10.9. The third-order valence-corrected chi connectivity index (χ3v) is 2.47. The van der Waals surface area contributed by atoms with Gasteiger partial charge in [-0.3, -0.25) is 0 Å². The molecule has 1 atom stereocenters. The molecule has 1 unspecified atom stereocenters. The van der Waals surface area contributed by atoms with E-state index in [1.165, 1.54) is 0 Å². The van der Waals surface area contributed by atoms with Crippen molar-refractivity contribution in [2.75, 3.05) is 32.8 Å². The van der Waals surface area contributed by atoms with E-state index >= 15 is 0 Å². The van der Waals surface area contributed by atoms with E-state index in [9.17, 15) is 4.79 Å². The van der Waals surface area contributed by atoms with Gasteiger partial charge in [0.25, 0.3) is 0 Å². The third kappa shape index (κ3) is 5.59. The average Bonchev–Trinajstić information content (AvgIpc) is 2.28.